The predicted octanol–water partition coefficient (Wildman–Crippen LogP) is -0.338. The van der Waals surface area contributed by atoms with Crippen LogP contribution in [0, 0.1) is 0 Å². The Balaban J connectivity index is 2.49. The van der Waals surface area contributed by atoms with E-state index < -0.39 is 10.0 Å². The van der Waals surface area contributed by atoms with Crippen molar-refractivity contribution in [2.75, 3.05) is 13.2 Å². The number of hydrogen-bond acceptors (Lipinski definition) is 6. The number of benzene rings is 2. The number of nitrogens with zero attached hydrogens (tertiary/aromatic N) is 1. The lowest BCUT2D eigenvalue weighted by Gasteiger charge is -2.13. The number of sulfonamides is 1. The first kappa shape index (κ1) is 18.9. The average Bonchev–Trinajstić information content (AvgIpc) is 2.60. The van der Waals surface area contributed by atoms with Crippen molar-refractivity contribution < 1.29 is 13.5 Å². The van der Waals surface area contributed by atoms with E-state index in [4.69, 9.17) is 21.8 Å². The number of aliphatic hydroxyl groups is 1. The lowest BCUT2D eigenvalue weighted by molar-refractivity contribution is 0.292. The summed E-state index contributed by atoms with van der Waals surface area (Å²) in [6.45, 7) is 1.18. The second kappa shape index (κ2) is 8.08. The zero-order chi connectivity index (χ0) is 18.4. The summed E-state index contributed by atoms with van der Waals surface area (Å²) in [5.41, 5.74) is 8.32. The Morgan fingerprint density at radius 3 is 2.40 bits per heavy atom. The smallest absolute Gasteiger partial charge is 0.238 e. The largest absolute Gasteiger partial charge is 0.395 e. The number of amidine groups is 1. The minimum absolute atomic E-state index is 0.0689. The lowest BCUT2D eigenvalue weighted by atomic mass is 9.98. The van der Waals surface area contributed by atoms with Crippen molar-refractivity contribution in [2.24, 2.45) is 21.8 Å². The van der Waals surface area contributed by atoms with Crippen LogP contribution in [0.25, 0.3) is 11.1 Å². The highest BCUT2D eigenvalue weighted by Crippen LogP contribution is 2.28. The van der Waals surface area contributed by atoms with E-state index in [1.807, 2.05) is 24.3 Å². The van der Waals surface area contributed by atoms with E-state index in [0.29, 0.717) is 18.7 Å². The fourth-order valence-electron chi connectivity index (χ4n) is 2.45. The van der Waals surface area contributed by atoms with Gasteiger partial charge in [-0.3, -0.25) is 0 Å². The number of primary sulfonamides is 1. The minimum Gasteiger partial charge on any atom is -0.395 e. The molecule has 0 spiro atoms. The molecule has 0 unspecified atom stereocenters. The molecular formula is C16H21N5O3S. The summed E-state index contributed by atoms with van der Waals surface area (Å²) in [6.07, 6.45) is 0. The SMILES string of the molecule is N/N=C(\N)c1c(-c2ccc(CNCCO)cc2)cccc1S(N)(=O)=O. The molecule has 0 heterocycles. The first-order valence-electron chi connectivity index (χ1n) is 7.49. The second-order valence-corrected chi connectivity index (χ2v) is 6.87. The number of rotatable bonds is 7. The van der Waals surface area contributed by atoms with Gasteiger partial charge < -0.3 is 22.0 Å². The number of nitrogens with one attached hydrogen (secondary N) is 1. The maximum atomic E-state index is 11.9. The molecule has 0 bridgehead atoms. The highest BCUT2D eigenvalue weighted by atomic mass is 32.2. The molecule has 8 N–H and O–H groups in total. The van der Waals surface area contributed by atoms with Crippen LogP contribution < -0.4 is 22.0 Å². The molecule has 2 aromatic carbocycles. The van der Waals surface area contributed by atoms with Crippen molar-refractivity contribution in [3.8, 4) is 11.1 Å². The van der Waals surface area contributed by atoms with Crippen molar-refractivity contribution in [1.29, 1.82) is 0 Å². The van der Waals surface area contributed by atoms with E-state index in [1.165, 1.54) is 6.07 Å². The highest BCUT2D eigenvalue weighted by Gasteiger charge is 2.20. The van der Waals surface area contributed by atoms with Crippen LogP contribution in [0.3, 0.4) is 0 Å². The summed E-state index contributed by atoms with van der Waals surface area (Å²) in [6, 6.07) is 12.1. The maximum absolute atomic E-state index is 11.9. The van der Waals surface area contributed by atoms with Gasteiger partial charge in [-0.2, -0.15) is 5.10 Å². The quantitative estimate of drug-likeness (QED) is 0.149. The van der Waals surface area contributed by atoms with Crippen LogP contribution in [0.2, 0.25) is 0 Å². The van der Waals surface area contributed by atoms with Crippen LogP contribution in [-0.2, 0) is 16.6 Å². The molecule has 134 valence electrons. The van der Waals surface area contributed by atoms with Gasteiger partial charge in [-0.1, -0.05) is 36.4 Å². The van der Waals surface area contributed by atoms with Gasteiger partial charge >= 0.3 is 0 Å². The van der Waals surface area contributed by atoms with Crippen LogP contribution in [0.4, 0.5) is 0 Å². The molecule has 9 heteroatoms. The van der Waals surface area contributed by atoms with E-state index in [2.05, 4.69) is 10.4 Å². The Hall–Kier alpha value is -2.46. The predicted molar refractivity (Wildman–Crippen MR) is 97.0 cm³/mol. The molecule has 0 aliphatic heterocycles. The number of hydrogen-bond donors (Lipinski definition) is 5. The molecule has 0 aliphatic carbocycles. The normalized spacial score (nSPS) is 12.3. The van der Waals surface area contributed by atoms with Gasteiger partial charge in [0.1, 0.15) is 0 Å². The maximum Gasteiger partial charge on any atom is 0.238 e. The Kier molecular flexibility index (Phi) is 6.10. The molecule has 0 saturated carbocycles. The molecule has 25 heavy (non-hydrogen) atoms. The Morgan fingerprint density at radius 1 is 1.16 bits per heavy atom. The molecule has 8 nitrogen and oxygen atoms in total. The summed E-state index contributed by atoms with van der Waals surface area (Å²) >= 11 is 0. The Morgan fingerprint density at radius 2 is 1.84 bits per heavy atom. The van der Waals surface area contributed by atoms with Gasteiger partial charge in [-0.15, -0.1) is 0 Å². The summed E-state index contributed by atoms with van der Waals surface area (Å²) in [5, 5.41) is 20.6. The van der Waals surface area contributed by atoms with E-state index in [9.17, 15) is 8.42 Å². The van der Waals surface area contributed by atoms with Crippen molar-refractivity contribution in [1.82, 2.24) is 5.32 Å². The molecule has 0 amide bonds. The molecule has 2 rings (SSSR count). The van der Waals surface area contributed by atoms with E-state index in [0.717, 1.165) is 11.1 Å². The molecule has 0 aromatic heterocycles. The van der Waals surface area contributed by atoms with Gasteiger partial charge in [-0.05, 0) is 22.8 Å². The van der Waals surface area contributed by atoms with E-state index in [-0.39, 0.29) is 22.9 Å². The zero-order valence-electron chi connectivity index (χ0n) is 13.5. The standard InChI is InChI=1S/C16H21N5O3S/c17-16(21-18)15-13(2-1-3-14(15)25(19,23)24)12-6-4-11(5-7-12)10-20-8-9-22/h1-7,20,22H,8-10,18H2,(H2,17,21)(H2,19,23,24). The summed E-state index contributed by atoms with van der Waals surface area (Å²) in [5.74, 6) is 5.14. The summed E-state index contributed by atoms with van der Waals surface area (Å²) < 4.78 is 23.7. The van der Waals surface area contributed by atoms with Crippen LogP contribution in [0.5, 0.6) is 0 Å². The number of hydrazone groups is 1. The van der Waals surface area contributed by atoms with E-state index >= 15 is 0 Å². The van der Waals surface area contributed by atoms with Gasteiger partial charge in [0, 0.05) is 18.7 Å². The van der Waals surface area contributed by atoms with Gasteiger partial charge in [0.05, 0.1) is 11.5 Å². The van der Waals surface area contributed by atoms with E-state index in [1.54, 1.807) is 12.1 Å². The number of nitrogens with two attached hydrogens (primary N) is 3. The van der Waals surface area contributed by atoms with Crippen LogP contribution >= 0.6 is 0 Å². The highest BCUT2D eigenvalue weighted by molar-refractivity contribution is 7.89. The third-order valence-electron chi connectivity index (χ3n) is 3.61. The molecule has 0 atom stereocenters. The molecule has 0 aliphatic rings. The van der Waals surface area contributed by atoms with Crippen LogP contribution in [-0.4, -0.2) is 32.5 Å². The molecule has 0 saturated heterocycles. The second-order valence-electron chi connectivity index (χ2n) is 5.34. The number of aliphatic hydroxyl groups excluding tert-OH is 1. The fourth-order valence-corrected chi connectivity index (χ4v) is 3.22. The molecule has 2 aromatic rings. The summed E-state index contributed by atoms with van der Waals surface area (Å²) in [7, 11) is -3.99. The van der Waals surface area contributed by atoms with Crippen molar-refractivity contribution in [3.05, 3.63) is 53.6 Å². The third-order valence-corrected chi connectivity index (χ3v) is 4.56. The zero-order valence-corrected chi connectivity index (χ0v) is 14.3. The van der Waals surface area contributed by atoms with Crippen molar-refractivity contribution in [3.63, 3.8) is 0 Å². The fraction of sp³-hybridized carbons (Fsp3) is 0.188. The topological polar surface area (TPSA) is 157 Å². The monoisotopic (exact) mass is 363 g/mol. The van der Waals surface area contributed by atoms with Crippen molar-refractivity contribution >= 4 is 15.9 Å². The van der Waals surface area contributed by atoms with Gasteiger partial charge in [-0.25, -0.2) is 13.6 Å². The molecular weight excluding hydrogens is 342 g/mol. The van der Waals surface area contributed by atoms with Crippen molar-refractivity contribution in [2.45, 2.75) is 11.4 Å². The Labute approximate surface area is 146 Å². The molecule has 0 fully saturated rings. The third kappa shape index (κ3) is 4.54. The average molecular weight is 363 g/mol. The summed E-state index contributed by atoms with van der Waals surface area (Å²) in [4.78, 5) is -0.134. The minimum atomic E-state index is -3.99. The van der Waals surface area contributed by atoms with Crippen LogP contribution in [0.15, 0.2) is 52.5 Å². The van der Waals surface area contributed by atoms with Gasteiger partial charge in [0.25, 0.3) is 0 Å². The van der Waals surface area contributed by atoms with Gasteiger partial charge in [0.2, 0.25) is 10.0 Å². The van der Waals surface area contributed by atoms with Gasteiger partial charge in [0.15, 0.2) is 5.84 Å². The van der Waals surface area contributed by atoms with Crippen LogP contribution in [0.1, 0.15) is 11.1 Å². The lowest BCUT2D eigenvalue weighted by Crippen LogP contribution is -2.23. The Bertz CT molecular complexity index is 864. The first-order chi connectivity index (χ1) is 11.9. The first-order valence-corrected chi connectivity index (χ1v) is 9.03. The molecule has 0 radical (unpaired) electrons.